The summed E-state index contributed by atoms with van der Waals surface area (Å²) in [5, 5.41) is 7.26. The van der Waals surface area contributed by atoms with E-state index >= 15 is 0 Å². The number of anilines is 1. The summed E-state index contributed by atoms with van der Waals surface area (Å²) < 4.78 is 28.3. The van der Waals surface area contributed by atoms with Gasteiger partial charge >= 0.3 is 0 Å². The fourth-order valence-electron chi connectivity index (χ4n) is 2.61. The molecule has 1 aromatic rings. The van der Waals surface area contributed by atoms with Crippen LogP contribution in [0.15, 0.2) is 12.1 Å². The Morgan fingerprint density at radius 2 is 1.95 bits per heavy atom. The van der Waals surface area contributed by atoms with Gasteiger partial charge in [0.2, 0.25) is 0 Å². The first-order chi connectivity index (χ1) is 9.43. The second kappa shape index (κ2) is 5.75. The number of hydrogen-bond donors (Lipinski definition) is 2. The average molecular weight is 282 g/mol. The molecular weight excluding hydrogens is 262 g/mol. The largest absolute Gasteiger partial charge is 0.384 e. The van der Waals surface area contributed by atoms with Crippen LogP contribution in [0.3, 0.4) is 0 Å². The lowest BCUT2D eigenvalue weighted by Gasteiger charge is -2.40. The van der Waals surface area contributed by atoms with E-state index in [9.17, 15) is 8.78 Å². The van der Waals surface area contributed by atoms with Gasteiger partial charge in [-0.2, -0.15) is 0 Å². The van der Waals surface area contributed by atoms with Crippen molar-refractivity contribution in [3.8, 4) is 0 Å². The SMILES string of the molecule is CCC1CN(c2c(F)cc(C(=N)N)cc2F)CCN1C. The molecule has 0 amide bonds. The highest BCUT2D eigenvalue weighted by atomic mass is 19.1. The second-order valence-corrected chi connectivity index (χ2v) is 5.19. The van der Waals surface area contributed by atoms with Crippen molar-refractivity contribution in [3.05, 3.63) is 29.3 Å². The van der Waals surface area contributed by atoms with E-state index < -0.39 is 11.6 Å². The number of hydrogen-bond acceptors (Lipinski definition) is 3. The summed E-state index contributed by atoms with van der Waals surface area (Å²) in [4.78, 5) is 3.94. The first-order valence-corrected chi connectivity index (χ1v) is 6.72. The van der Waals surface area contributed by atoms with E-state index in [0.717, 1.165) is 25.1 Å². The zero-order chi connectivity index (χ0) is 14.9. The summed E-state index contributed by atoms with van der Waals surface area (Å²) in [5.74, 6) is -1.65. The van der Waals surface area contributed by atoms with Crippen LogP contribution in [-0.2, 0) is 0 Å². The molecule has 6 heteroatoms. The topological polar surface area (TPSA) is 56.4 Å². The van der Waals surface area contributed by atoms with Crippen molar-refractivity contribution in [1.82, 2.24) is 4.90 Å². The number of amidine groups is 1. The summed E-state index contributed by atoms with van der Waals surface area (Å²) >= 11 is 0. The number of piperazine rings is 1. The van der Waals surface area contributed by atoms with Crippen molar-refractivity contribution in [3.63, 3.8) is 0 Å². The monoisotopic (exact) mass is 282 g/mol. The fraction of sp³-hybridized carbons (Fsp3) is 0.500. The van der Waals surface area contributed by atoms with Crippen LogP contribution in [-0.4, -0.2) is 43.5 Å². The highest BCUT2D eigenvalue weighted by Gasteiger charge is 2.27. The van der Waals surface area contributed by atoms with Crippen LogP contribution in [0.1, 0.15) is 18.9 Å². The van der Waals surface area contributed by atoms with Crippen LogP contribution in [0.2, 0.25) is 0 Å². The van der Waals surface area contributed by atoms with Gasteiger partial charge in [-0.15, -0.1) is 0 Å². The van der Waals surface area contributed by atoms with Gasteiger partial charge in [0.05, 0.1) is 0 Å². The number of nitrogen functional groups attached to an aromatic ring is 1. The van der Waals surface area contributed by atoms with Gasteiger partial charge in [0.1, 0.15) is 23.2 Å². The Bertz CT molecular complexity index is 495. The average Bonchev–Trinajstić information content (AvgIpc) is 2.39. The highest BCUT2D eigenvalue weighted by molar-refractivity contribution is 5.95. The molecule has 110 valence electrons. The van der Waals surface area contributed by atoms with E-state index in [0.29, 0.717) is 13.1 Å². The molecule has 1 atom stereocenters. The van der Waals surface area contributed by atoms with Crippen molar-refractivity contribution in [1.29, 1.82) is 5.41 Å². The Hall–Kier alpha value is -1.69. The summed E-state index contributed by atoms with van der Waals surface area (Å²) in [6.45, 7) is 4.02. The maximum absolute atomic E-state index is 14.1. The molecule has 1 saturated heterocycles. The van der Waals surface area contributed by atoms with Gasteiger partial charge in [0.25, 0.3) is 0 Å². The number of halogens is 2. The molecule has 1 heterocycles. The molecule has 3 N–H and O–H groups in total. The van der Waals surface area contributed by atoms with Gasteiger partial charge < -0.3 is 10.6 Å². The summed E-state index contributed by atoms with van der Waals surface area (Å²) in [5.41, 5.74) is 5.33. The maximum atomic E-state index is 14.1. The van der Waals surface area contributed by atoms with Crippen LogP contribution >= 0.6 is 0 Å². The van der Waals surface area contributed by atoms with Crippen LogP contribution in [0.5, 0.6) is 0 Å². The number of benzene rings is 1. The third-order valence-corrected chi connectivity index (χ3v) is 3.89. The lowest BCUT2D eigenvalue weighted by molar-refractivity contribution is 0.212. The van der Waals surface area contributed by atoms with E-state index in [1.165, 1.54) is 0 Å². The summed E-state index contributed by atoms with van der Waals surface area (Å²) in [6.07, 6.45) is 0.932. The van der Waals surface area contributed by atoms with Crippen molar-refractivity contribution >= 4 is 11.5 Å². The van der Waals surface area contributed by atoms with Gasteiger partial charge in [-0.05, 0) is 25.6 Å². The molecule has 0 bridgehead atoms. The molecule has 2 rings (SSSR count). The molecule has 0 saturated carbocycles. The van der Waals surface area contributed by atoms with Crippen molar-refractivity contribution in [2.45, 2.75) is 19.4 Å². The second-order valence-electron chi connectivity index (χ2n) is 5.19. The minimum Gasteiger partial charge on any atom is -0.384 e. The zero-order valence-electron chi connectivity index (χ0n) is 11.8. The number of rotatable bonds is 3. The standard InChI is InChI=1S/C14H20F2N4/c1-3-10-8-20(5-4-19(10)2)13-11(15)6-9(14(17)18)7-12(13)16/h6-7,10H,3-5,8H2,1-2H3,(H3,17,18). The number of nitrogens with one attached hydrogen (secondary N) is 1. The minimum absolute atomic E-state index is 0.0125. The van der Waals surface area contributed by atoms with E-state index in [4.69, 9.17) is 11.1 Å². The lowest BCUT2D eigenvalue weighted by atomic mass is 10.1. The Labute approximate surface area is 117 Å². The summed E-state index contributed by atoms with van der Waals surface area (Å²) in [6, 6.07) is 2.54. The van der Waals surface area contributed by atoms with Gasteiger partial charge in [-0.25, -0.2) is 8.78 Å². The Balaban J connectivity index is 2.31. The lowest BCUT2D eigenvalue weighted by Crippen LogP contribution is -2.51. The quantitative estimate of drug-likeness (QED) is 0.656. The Morgan fingerprint density at radius 3 is 2.45 bits per heavy atom. The van der Waals surface area contributed by atoms with E-state index in [1.807, 2.05) is 7.05 Å². The van der Waals surface area contributed by atoms with Gasteiger partial charge in [0.15, 0.2) is 0 Å². The molecule has 1 unspecified atom stereocenters. The summed E-state index contributed by atoms with van der Waals surface area (Å²) in [7, 11) is 2.02. The van der Waals surface area contributed by atoms with Crippen LogP contribution in [0, 0.1) is 17.0 Å². The van der Waals surface area contributed by atoms with Gasteiger partial charge in [0, 0.05) is 31.2 Å². The molecule has 1 aromatic carbocycles. The molecule has 4 nitrogen and oxygen atoms in total. The molecule has 1 fully saturated rings. The van der Waals surface area contributed by atoms with E-state index in [2.05, 4.69) is 11.8 Å². The predicted octanol–water partition coefficient (Wildman–Crippen LogP) is 1.78. The number of nitrogens with zero attached hydrogens (tertiary/aromatic N) is 2. The van der Waals surface area contributed by atoms with Crippen LogP contribution in [0.4, 0.5) is 14.5 Å². The first kappa shape index (κ1) is 14.7. The Kier molecular flexibility index (Phi) is 4.23. The van der Waals surface area contributed by atoms with E-state index in [1.54, 1.807) is 4.90 Å². The molecule has 1 aliphatic rings. The molecule has 0 aromatic heterocycles. The van der Waals surface area contributed by atoms with Gasteiger partial charge in [-0.3, -0.25) is 10.3 Å². The maximum Gasteiger partial charge on any atom is 0.150 e. The molecule has 20 heavy (non-hydrogen) atoms. The smallest absolute Gasteiger partial charge is 0.150 e. The normalized spacial score (nSPS) is 20.2. The van der Waals surface area contributed by atoms with Crippen molar-refractivity contribution < 1.29 is 8.78 Å². The number of nitrogens with two attached hydrogens (primary N) is 1. The van der Waals surface area contributed by atoms with Crippen molar-refractivity contribution in [2.24, 2.45) is 5.73 Å². The highest BCUT2D eigenvalue weighted by Crippen LogP contribution is 2.27. The molecular formula is C14H20F2N4. The predicted molar refractivity (Wildman–Crippen MR) is 76.3 cm³/mol. The minimum atomic E-state index is -0.658. The molecule has 1 aliphatic heterocycles. The first-order valence-electron chi connectivity index (χ1n) is 6.72. The number of likely N-dealkylation sites (N-methyl/N-ethyl adjacent to an activating group) is 1. The van der Waals surface area contributed by atoms with Gasteiger partial charge in [-0.1, -0.05) is 6.92 Å². The Morgan fingerprint density at radius 1 is 1.35 bits per heavy atom. The fourth-order valence-corrected chi connectivity index (χ4v) is 2.61. The zero-order valence-corrected chi connectivity index (χ0v) is 11.8. The molecule has 0 spiro atoms. The third-order valence-electron chi connectivity index (χ3n) is 3.89. The van der Waals surface area contributed by atoms with Crippen molar-refractivity contribution in [2.75, 3.05) is 31.6 Å². The van der Waals surface area contributed by atoms with E-state index in [-0.39, 0.29) is 23.1 Å². The van der Waals surface area contributed by atoms with Crippen LogP contribution < -0.4 is 10.6 Å². The van der Waals surface area contributed by atoms with Crippen LogP contribution in [0.25, 0.3) is 0 Å². The molecule has 0 aliphatic carbocycles. The molecule has 0 radical (unpaired) electrons. The third kappa shape index (κ3) is 2.75.